The molecule has 6 rings (SSSR count). The Morgan fingerprint density at radius 3 is 1.17 bits per heavy atom. The van der Waals surface area contributed by atoms with Gasteiger partial charge >= 0.3 is 0 Å². The number of unbranched alkanes of at least 4 members (excludes halogenated alkanes) is 6. The first kappa shape index (κ1) is 36.8. The molecule has 0 saturated carbocycles. The second-order valence-electron chi connectivity index (χ2n) is 14.0. The van der Waals surface area contributed by atoms with Gasteiger partial charge in [0.1, 0.15) is 0 Å². The molecule has 2 heterocycles. The number of ketones is 1. The predicted octanol–water partition coefficient (Wildman–Crippen LogP) is 11.1. The molecule has 5 heteroatoms. The minimum Gasteiger partial charge on any atom is -0.288 e. The molecule has 5 nitrogen and oxygen atoms in total. The highest BCUT2D eigenvalue weighted by Gasteiger charge is 2.31. The van der Waals surface area contributed by atoms with Crippen LogP contribution in [0.2, 0.25) is 0 Å². The molecule has 0 N–H and O–H groups in total. The Morgan fingerprint density at radius 2 is 0.808 bits per heavy atom. The molecule has 0 amide bonds. The van der Waals surface area contributed by atoms with E-state index in [0.717, 1.165) is 109 Å². The third kappa shape index (κ3) is 9.25. The van der Waals surface area contributed by atoms with Crippen LogP contribution in [0.5, 0.6) is 0 Å². The SMILES string of the molecule is CCCCCCc1c(C(=O)c2c(CCc3ccccc3)nn(-c3ccccc3)c2CCCCCC)c(CCc2ccccc2)nn1-c1ccccc1. The number of benzene rings is 4. The van der Waals surface area contributed by atoms with Gasteiger partial charge in [-0.3, -0.25) is 4.79 Å². The number of nitrogens with zero attached hydrogens (tertiary/aromatic N) is 4. The van der Waals surface area contributed by atoms with Gasteiger partial charge in [0, 0.05) is 0 Å². The summed E-state index contributed by atoms with van der Waals surface area (Å²) in [4.78, 5) is 15.7. The van der Waals surface area contributed by atoms with Gasteiger partial charge in [0.25, 0.3) is 0 Å². The minimum atomic E-state index is 0.0754. The number of rotatable bonds is 20. The first-order valence-corrected chi connectivity index (χ1v) is 19.6. The Kier molecular flexibility index (Phi) is 13.4. The molecular weight excluding hydrogens is 637 g/mol. The summed E-state index contributed by atoms with van der Waals surface area (Å²) in [6, 6.07) is 41.9. The molecule has 268 valence electrons. The smallest absolute Gasteiger partial charge is 0.200 e. The summed E-state index contributed by atoms with van der Waals surface area (Å²) < 4.78 is 4.15. The zero-order valence-electron chi connectivity index (χ0n) is 31.1. The van der Waals surface area contributed by atoms with Crippen LogP contribution in [-0.4, -0.2) is 25.3 Å². The fourth-order valence-electron chi connectivity index (χ4n) is 7.29. The molecule has 0 unspecified atom stereocenters. The van der Waals surface area contributed by atoms with E-state index in [4.69, 9.17) is 10.2 Å². The molecule has 0 bridgehead atoms. The van der Waals surface area contributed by atoms with Crippen molar-refractivity contribution >= 4 is 5.78 Å². The van der Waals surface area contributed by atoms with Crippen LogP contribution in [0.4, 0.5) is 0 Å². The average molecular weight is 691 g/mol. The Bertz CT molecular complexity index is 1820. The Morgan fingerprint density at radius 1 is 0.442 bits per heavy atom. The first-order chi connectivity index (χ1) is 25.7. The molecule has 2 aromatic heterocycles. The highest BCUT2D eigenvalue weighted by molar-refractivity contribution is 6.12. The monoisotopic (exact) mass is 690 g/mol. The van der Waals surface area contributed by atoms with Gasteiger partial charge in [0.05, 0.1) is 45.3 Å². The summed E-state index contributed by atoms with van der Waals surface area (Å²) in [6.07, 6.45) is 13.6. The van der Waals surface area contributed by atoms with Crippen LogP contribution in [-0.2, 0) is 38.5 Å². The second kappa shape index (κ2) is 19.0. The second-order valence-corrected chi connectivity index (χ2v) is 14.0. The summed E-state index contributed by atoms with van der Waals surface area (Å²) in [5.74, 6) is 0.0754. The van der Waals surface area contributed by atoms with Crippen molar-refractivity contribution in [1.29, 1.82) is 0 Å². The maximum Gasteiger partial charge on any atom is 0.200 e. The molecule has 0 aliphatic carbocycles. The lowest BCUT2D eigenvalue weighted by Gasteiger charge is -2.13. The Labute approximate surface area is 310 Å². The third-order valence-corrected chi connectivity index (χ3v) is 10.1. The normalized spacial score (nSPS) is 11.3. The molecular formula is C47H54N4O. The van der Waals surface area contributed by atoms with Crippen molar-refractivity contribution < 1.29 is 4.79 Å². The van der Waals surface area contributed by atoms with Crippen LogP contribution >= 0.6 is 0 Å². The molecule has 6 aromatic rings. The average Bonchev–Trinajstić information content (AvgIpc) is 3.76. The summed E-state index contributed by atoms with van der Waals surface area (Å²) in [7, 11) is 0. The standard InChI is InChI=1S/C47H54N4O/c1-3-5-7-21-31-43-45(41(35-33-37-23-13-9-14-24-37)48-50(43)39-27-17-11-18-28-39)47(52)46-42(36-34-38-25-15-10-16-26-38)49-51(40-29-19-12-20-30-40)44(46)32-22-8-6-4-2/h9-20,23-30H,3-8,21-22,31-36H2,1-2H3. The van der Waals surface area contributed by atoms with Gasteiger partial charge < -0.3 is 0 Å². The largest absolute Gasteiger partial charge is 0.288 e. The van der Waals surface area contributed by atoms with E-state index in [2.05, 4.69) is 132 Å². The first-order valence-electron chi connectivity index (χ1n) is 19.6. The van der Waals surface area contributed by atoms with Crippen molar-refractivity contribution in [3.63, 3.8) is 0 Å². The van der Waals surface area contributed by atoms with Gasteiger partial charge in [0.15, 0.2) is 0 Å². The van der Waals surface area contributed by atoms with E-state index in [0.29, 0.717) is 12.8 Å². The molecule has 52 heavy (non-hydrogen) atoms. The van der Waals surface area contributed by atoms with E-state index >= 15 is 4.79 Å². The number of para-hydroxylation sites is 2. The number of aryl methyl sites for hydroxylation is 4. The zero-order valence-corrected chi connectivity index (χ0v) is 31.1. The number of aromatic nitrogens is 4. The summed E-state index contributed by atoms with van der Waals surface area (Å²) in [5.41, 5.74) is 9.84. The number of hydrogen-bond acceptors (Lipinski definition) is 3. The van der Waals surface area contributed by atoms with Crippen LogP contribution < -0.4 is 0 Å². The van der Waals surface area contributed by atoms with Gasteiger partial charge in [-0.05, 0) is 86.8 Å². The van der Waals surface area contributed by atoms with E-state index in [9.17, 15) is 0 Å². The molecule has 0 aliphatic rings. The lowest BCUT2D eigenvalue weighted by molar-refractivity contribution is 0.103. The van der Waals surface area contributed by atoms with Gasteiger partial charge in [-0.2, -0.15) is 10.2 Å². The Balaban J connectivity index is 1.52. The third-order valence-electron chi connectivity index (χ3n) is 10.1. The van der Waals surface area contributed by atoms with Gasteiger partial charge in [-0.1, -0.05) is 149 Å². The van der Waals surface area contributed by atoms with Crippen LogP contribution in [0.25, 0.3) is 11.4 Å². The highest BCUT2D eigenvalue weighted by atomic mass is 16.1. The fourth-order valence-corrected chi connectivity index (χ4v) is 7.29. The lowest BCUT2D eigenvalue weighted by Crippen LogP contribution is -2.14. The Hall–Kier alpha value is -5.03. The topological polar surface area (TPSA) is 52.7 Å². The van der Waals surface area contributed by atoms with Crippen molar-refractivity contribution in [2.45, 2.75) is 104 Å². The van der Waals surface area contributed by atoms with E-state index in [-0.39, 0.29) is 5.78 Å². The molecule has 0 radical (unpaired) electrons. The minimum absolute atomic E-state index is 0.0754. The number of hydrogen-bond donors (Lipinski definition) is 0. The van der Waals surface area contributed by atoms with Crippen molar-refractivity contribution in [2.75, 3.05) is 0 Å². The maximum absolute atomic E-state index is 15.7. The van der Waals surface area contributed by atoms with E-state index in [1.807, 2.05) is 12.1 Å². The maximum atomic E-state index is 15.7. The molecule has 0 atom stereocenters. The molecule has 0 saturated heterocycles. The quantitative estimate of drug-likeness (QED) is 0.0592. The summed E-state index contributed by atoms with van der Waals surface area (Å²) in [6.45, 7) is 4.49. The van der Waals surface area contributed by atoms with Gasteiger partial charge in [-0.25, -0.2) is 9.36 Å². The van der Waals surface area contributed by atoms with Crippen LogP contribution in [0, 0.1) is 0 Å². The zero-order chi connectivity index (χ0) is 36.0. The molecule has 4 aromatic carbocycles. The van der Waals surface area contributed by atoms with Crippen molar-refractivity contribution in [3.05, 3.63) is 166 Å². The highest BCUT2D eigenvalue weighted by Crippen LogP contribution is 2.31. The van der Waals surface area contributed by atoms with Crippen LogP contribution in [0.1, 0.15) is 115 Å². The van der Waals surface area contributed by atoms with Crippen molar-refractivity contribution in [1.82, 2.24) is 19.6 Å². The molecule has 0 fully saturated rings. The van der Waals surface area contributed by atoms with Gasteiger partial charge in [0.2, 0.25) is 5.78 Å². The number of carbonyl (C=O) groups excluding carboxylic acids is 1. The summed E-state index contributed by atoms with van der Waals surface area (Å²) in [5, 5.41) is 10.6. The lowest BCUT2D eigenvalue weighted by atomic mass is 9.92. The number of carbonyl (C=O) groups is 1. The van der Waals surface area contributed by atoms with Crippen LogP contribution in [0.15, 0.2) is 121 Å². The van der Waals surface area contributed by atoms with E-state index < -0.39 is 0 Å². The summed E-state index contributed by atoms with van der Waals surface area (Å²) >= 11 is 0. The van der Waals surface area contributed by atoms with Crippen LogP contribution in [0.3, 0.4) is 0 Å². The van der Waals surface area contributed by atoms with Crippen molar-refractivity contribution in [3.8, 4) is 11.4 Å². The molecule has 0 aliphatic heterocycles. The van der Waals surface area contributed by atoms with E-state index in [1.54, 1.807) is 0 Å². The molecule has 0 spiro atoms. The predicted molar refractivity (Wildman–Crippen MR) is 214 cm³/mol. The van der Waals surface area contributed by atoms with Crippen molar-refractivity contribution in [2.24, 2.45) is 0 Å². The van der Waals surface area contributed by atoms with Gasteiger partial charge in [-0.15, -0.1) is 0 Å². The fraction of sp³-hybridized carbons (Fsp3) is 0.340. The van der Waals surface area contributed by atoms with E-state index in [1.165, 1.54) is 24.0 Å².